The number of nitrogens with one attached hydrogen (secondary N) is 1. The third-order valence-corrected chi connectivity index (χ3v) is 5.26. The van der Waals surface area contributed by atoms with Crippen LogP contribution in [0.1, 0.15) is 12.5 Å². The van der Waals surface area contributed by atoms with E-state index in [1.54, 1.807) is 12.1 Å². The summed E-state index contributed by atoms with van der Waals surface area (Å²) >= 11 is 5.71. The van der Waals surface area contributed by atoms with E-state index in [1.807, 2.05) is 19.1 Å². The molecule has 0 spiro atoms. The summed E-state index contributed by atoms with van der Waals surface area (Å²) in [5.74, 6) is -2.08. The Kier molecular flexibility index (Phi) is 5.21. The topological polar surface area (TPSA) is 94.4 Å². The van der Waals surface area contributed by atoms with Crippen molar-refractivity contribution in [2.45, 2.75) is 25.4 Å². The van der Waals surface area contributed by atoms with Crippen LogP contribution >= 0.6 is 11.6 Å². The molecule has 0 aliphatic carbocycles. The van der Waals surface area contributed by atoms with Gasteiger partial charge in [-0.2, -0.15) is 5.11 Å². The Morgan fingerprint density at radius 2 is 1.90 bits per heavy atom. The van der Waals surface area contributed by atoms with E-state index >= 15 is 0 Å². The second-order valence-corrected chi connectivity index (χ2v) is 7.31. The molecular formula is C20H17ClFN5O3. The molecule has 0 radical (unpaired) electrons. The highest BCUT2D eigenvalue weighted by molar-refractivity contribution is 6.31. The van der Waals surface area contributed by atoms with Crippen LogP contribution in [0.3, 0.4) is 0 Å². The third kappa shape index (κ3) is 3.52. The maximum Gasteiger partial charge on any atom is 0.263 e. The fourth-order valence-corrected chi connectivity index (χ4v) is 3.59. The molecule has 3 amide bonds. The van der Waals surface area contributed by atoms with Gasteiger partial charge in [0, 0.05) is 5.69 Å². The third-order valence-electron chi connectivity index (χ3n) is 4.97. The van der Waals surface area contributed by atoms with Crippen LogP contribution in [-0.2, 0) is 20.8 Å². The molecule has 4 rings (SSSR count). The zero-order valence-corrected chi connectivity index (χ0v) is 16.6. The van der Waals surface area contributed by atoms with Crippen LogP contribution < -0.4 is 10.2 Å². The summed E-state index contributed by atoms with van der Waals surface area (Å²) in [5.41, 5.74) is 1.83. The van der Waals surface area contributed by atoms with Crippen LogP contribution in [-0.4, -0.2) is 41.4 Å². The van der Waals surface area contributed by atoms with Crippen molar-refractivity contribution in [3.05, 3.63) is 58.9 Å². The first-order valence-electron chi connectivity index (χ1n) is 9.28. The van der Waals surface area contributed by atoms with Gasteiger partial charge in [-0.15, -0.1) is 0 Å². The number of hydrogen-bond donors (Lipinski definition) is 1. The number of rotatable bonds is 5. The summed E-state index contributed by atoms with van der Waals surface area (Å²) < 4.78 is 13.3. The molecule has 1 saturated heterocycles. The lowest BCUT2D eigenvalue weighted by Gasteiger charge is -2.20. The Bertz CT molecular complexity index is 1060. The first kappa shape index (κ1) is 20.0. The van der Waals surface area contributed by atoms with Crippen molar-refractivity contribution in [1.29, 1.82) is 0 Å². The standard InChI is InChI=1S/C20H17ClFN5O3/c1-2-11-3-6-13(7-4-11)27-19(29)17-18(20(27)30)26(25-24-17)10-16(28)23-12-5-8-15(22)14(21)9-12/h3-9,17-18H,2,10H2,1H3,(H,23,28)/t17-,18+/m0/s1. The van der Waals surface area contributed by atoms with E-state index in [1.165, 1.54) is 17.1 Å². The second kappa shape index (κ2) is 7.83. The molecule has 30 heavy (non-hydrogen) atoms. The molecule has 0 unspecified atom stereocenters. The highest BCUT2D eigenvalue weighted by Gasteiger charge is 2.55. The van der Waals surface area contributed by atoms with Gasteiger partial charge in [0.1, 0.15) is 12.4 Å². The van der Waals surface area contributed by atoms with Gasteiger partial charge in [-0.25, -0.2) is 9.29 Å². The van der Waals surface area contributed by atoms with Gasteiger partial charge in [-0.1, -0.05) is 35.9 Å². The average Bonchev–Trinajstić information content (AvgIpc) is 3.24. The van der Waals surface area contributed by atoms with E-state index in [-0.39, 0.29) is 11.6 Å². The number of aryl methyl sites for hydroxylation is 1. The maximum atomic E-state index is 13.3. The van der Waals surface area contributed by atoms with E-state index in [0.717, 1.165) is 23.0 Å². The van der Waals surface area contributed by atoms with Crippen molar-refractivity contribution >= 4 is 40.7 Å². The minimum atomic E-state index is -0.989. The SMILES string of the molecule is CCc1ccc(N2C(=O)[C@H]3N=NN(CC(=O)Nc4ccc(F)c(Cl)c4)[C@H]3C2=O)cc1. The number of halogens is 2. The smallest absolute Gasteiger partial charge is 0.263 e. The molecular weight excluding hydrogens is 413 g/mol. The molecule has 1 fully saturated rings. The van der Waals surface area contributed by atoms with Gasteiger partial charge in [0.2, 0.25) is 5.91 Å². The Morgan fingerprint density at radius 1 is 1.17 bits per heavy atom. The maximum absolute atomic E-state index is 13.3. The van der Waals surface area contributed by atoms with Gasteiger partial charge in [0.15, 0.2) is 12.1 Å². The monoisotopic (exact) mass is 429 g/mol. The number of amides is 3. The summed E-state index contributed by atoms with van der Waals surface area (Å²) in [5, 5.41) is 11.3. The van der Waals surface area contributed by atoms with E-state index < -0.39 is 35.6 Å². The predicted octanol–water partition coefficient (Wildman–Crippen LogP) is 2.97. The fourth-order valence-electron chi connectivity index (χ4n) is 3.41. The Balaban J connectivity index is 1.47. The zero-order valence-electron chi connectivity index (χ0n) is 15.9. The Labute approximate surface area is 176 Å². The van der Waals surface area contributed by atoms with Crippen molar-refractivity contribution in [3.63, 3.8) is 0 Å². The van der Waals surface area contributed by atoms with Crippen molar-refractivity contribution < 1.29 is 18.8 Å². The zero-order chi connectivity index (χ0) is 21.4. The molecule has 154 valence electrons. The summed E-state index contributed by atoms with van der Waals surface area (Å²) in [6.07, 6.45) is 0.837. The van der Waals surface area contributed by atoms with E-state index in [4.69, 9.17) is 11.6 Å². The number of hydrogen-bond acceptors (Lipinski definition) is 6. The minimum Gasteiger partial charge on any atom is -0.324 e. The Hall–Kier alpha value is -3.33. The van der Waals surface area contributed by atoms with E-state index in [9.17, 15) is 18.8 Å². The van der Waals surface area contributed by atoms with Crippen molar-refractivity contribution in [3.8, 4) is 0 Å². The molecule has 2 atom stereocenters. The Morgan fingerprint density at radius 3 is 2.57 bits per heavy atom. The summed E-state index contributed by atoms with van der Waals surface area (Å²) in [6, 6.07) is 8.92. The summed E-state index contributed by atoms with van der Waals surface area (Å²) in [6.45, 7) is 1.70. The molecule has 8 nitrogen and oxygen atoms in total. The van der Waals surface area contributed by atoms with Crippen molar-refractivity contribution in [2.24, 2.45) is 10.3 Å². The van der Waals surface area contributed by atoms with Crippen LogP contribution in [0, 0.1) is 5.82 Å². The fraction of sp³-hybridized carbons (Fsp3) is 0.250. The van der Waals surface area contributed by atoms with Gasteiger partial charge in [-0.05, 0) is 42.3 Å². The van der Waals surface area contributed by atoms with Crippen LogP contribution in [0.2, 0.25) is 5.02 Å². The molecule has 2 heterocycles. The molecule has 0 bridgehead atoms. The average molecular weight is 430 g/mol. The van der Waals surface area contributed by atoms with Gasteiger partial charge in [-0.3, -0.25) is 19.4 Å². The lowest BCUT2D eigenvalue weighted by molar-refractivity contribution is -0.123. The first-order valence-corrected chi connectivity index (χ1v) is 9.66. The molecule has 0 aromatic heterocycles. The number of anilines is 2. The largest absolute Gasteiger partial charge is 0.324 e. The predicted molar refractivity (Wildman–Crippen MR) is 107 cm³/mol. The molecule has 2 aromatic carbocycles. The number of fused-ring (bicyclic) bond motifs is 1. The van der Waals surface area contributed by atoms with Gasteiger partial charge in [0.05, 0.1) is 10.7 Å². The van der Waals surface area contributed by atoms with Crippen LogP contribution in [0.5, 0.6) is 0 Å². The van der Waals surface area contributed by atoms with Gasteiger partial charge >= 0.3 is 0 Å². The quantitative estimate of drug-likeness (QED) is 0.739. The number of carbonyl (C=O) groups is 3. The molecule has 2 aliphatic rings. The summed E-state index contributed by atoms with van der Waals surface area (Å²) in [7, 11) is 0. The minimum absolute atomic E-state index is 0.130. The van der Waals surface area contributed by atoms with Crippen LogP contribution in [0.25, 0.3) is 0 Å². The van der Waals surface area contributed by atoms with Crippen molar-refractivity contribution in [1.82, 2.24) is 5.01 Å². The number of benzene rings is 2. The molecule has 2 aromatic rings. The van der Waals surface area contributed by atoms with E-state index in [2.05, 4.69) is 15.7 Å². The van der Waals surface area contributed by atoms with Gasteiger partial charge < -0.3 is 5.32 Å². The molecule has 10 heteroatoms. The second-order valence-electron chi connectivity index (χ2n) is 6.90. The number of imide groups is 1. The molecule has 2 aliphatic heterocycles. The first-order chi connectivity index (χ1) is 14.4. The van der Waals surface area contributed by atoms with Crippen LogP contribution in [0.4, 0.5) is 15.8 Å². The summed E-state index contributed by atoms with van der Waals surface area (Å²) in [4.78, 5) is 39.1. The molecule has 0 saturated carbocycles. The number of carbonyl (C=O) groups excluding carboxylic acids is 3. The van der Waals surface area contributed by atoms with Gasteiger partial charge in [0.25, 0.3) is 11.8 Å². The number of nitrogens with zero attached hydrogens (tertiary/aromatic N) is 4. The highest BCUT2D eigenvalue weighted by atomic mass is 35.5. The normalized spacial score (nSPS) is 20.1. The highest BCUT2D eigenvalue weighted by Crippen LogP contribution is 2.32. The molecule has 1 N–H and O–H groups in total. The van der Waals surface area contributed by atoms with E-state index in [0.29, 0.717) is 11.4 Å². The lowest BCUT2D eigenvalue weighted by atomic mass is 10.1. The van der Waals surface area contributed by atoms with Crippen LogP contribution in [0.15, 0.2) is 52.8 Å². The lowest BCUT2D eigenvalue weighted by Crippen LogP contribution is -2.43. The van der Waals surface area contributed by atoms with Crippen molar-refractivity contribution in [2.75, 3.05) is 16.8 Å².